The smallest absolute Gasteiger partial charge is 0.341 e. The summed E-state index contributed by atoms with van der Waals surface area (Å²) < 4.78 is 5.27. The predicted molar refractivity (Wildman–Crippen MR) is 117 cm³/mol. The first kappa shape index (κ1) is 21.0. The lowest BCUT2D eigenvalue weighted by atomic mass is 10.0. The van der Waals surface area contributed by atoms with Gasteiger partial charge >= 0.3 is 5.97 Å². The number of benzene rings is 1. The Hall–Kier alpha value is -2.70. The van der Waals surface area contributed by atoms with Gasteiger partial charge in [0.15, 0.2) is 0 Å². The minimum atomic E-state index is -0.481. The highest BCUT2D eigenvalue weighted by Crippen LogP contribution is 2.40. The quantitative estimate of drug-likeness (QED) is 0.520. The number of carbonyl (C=O) groups excluding carboxylic acids is 2. The van der Waals surface area contributed by atoms with Crippen molar-refractivity contribution in [1.29, 1.82) is 0 Å². The van der Waals surface area contributed by atoms with Gasteiger partial charge in [0, 0.05) is 21.2 Å². The number of nitrogens with one attached hydrogen (secondary N) is 1. The molecule has 2 aromatic heterocycles. The summed E-state index contributed by atoms with van der Waals surface area (Å²) in [7, 11) is 0. The topological polar surface area (TPSA) is 68.3 Å². The number of hydrogen-bond acceptors (Lipinski definition) is 5. The second-order valence-electron chi connectivity index (χ2n) is 6.59. The second-order valence-corrected chi connectivity index (χ2v) is 8.25. The van der Waals surface area contributed by atoms with E-state index in [4.69, 9.17) is 16.3 Å². The Morgan fingerprint density at radius 2 is 1.83 bits per heavy atom. The molecule has 0 bridgehead atoms. The van der Waals surface area contributed by atoms with Crippen molar-refractivity contribution in [2.45, 2.75) is 27.7 Å². The van der Waals surface area contributed by atoms with E-state index in [1.807, 2.05) is 39.0 Å². The fourth-order valence-corrected chi connectivity index (χ4v) is 4.31. The number of aryl methyl sites for hydroxylation is 3. The predicted octanol–water partition coefficient (Wildman–Crippen LogP) is 5.82. The van der Waals surface area contributed by atoms with E-state index in [-0.39, 0.29) is 12.5 Å². The van der Waals surface area contributed by atoms with Gasteiger partial charge in [0.05, 0.1) is 6.61 Å². The average molecular weight is 429 g/mol. The van der Waals surface area contributed by atoms with Crippen LogP contribution in [0.3, 0.4) is 0 Å². The molecular formula is C22H21ClN2O3S. The molecule has 0 atom stereocenters. The van der Waals surface area contributed by atoms with Gasteiger partial charge in [0.25, 0.3) is 5.91 Å². The normalized spacial score (nSPS) is 10.7. The van der Waals surface area contributed by atoms with Crippen molar-refractivity contribution >= 4 is 39.8 Å². The summed E-state index contributed by atoms with van der Waals surface area (Å²) in [5.41, 5.74) is 3.90. The van der Waals surface area contributed by atoms with Crippen LogP contribution in [0.2, 0.25) is 5.02 Å². The second kappa shape index (κ2) is 8.76. The molecule has 0 aliphatic heterocycles. The molecule has 7 heteroatoms. The number of hydrogen-bond donors (Lipinski definition) is 1. The molecule has 2 heterocycles. The van der Waals surface area contributed by atoms with Gasteiger partial charge in [-0.1, -0.05) is 23.7 Å². The van der Waals surface area contributed by atoms with Crippen molar-refractivity contribution < 1.29 is 14.3 Å². The van der Waals surface area contributed by atoms with Gasteiger partial charge in [0.2, 0.25) is 0 Å². The number of nitrogens with zero attached hydrogens (tertiary/aromatic N) is 1. The zero-order valence-electron chi connectivity index (χ0n) is 16.6. The van der Waals surface area contributed by atoms with Crippen LogP contribution in [-0.4, -0.2) is 23.5 Å². The summed E-state index contributed by atoms with van der Waals surface area (Å²) in [5.74, 6) is -0.850. The average Bonchev–Trinajstić information content (AvgIpc) is 2.97. The molecule has 0 saturated carbocycles. The number of pyridine rings is 1. The molecule has 3 aromatic rings. The Morgan fingerprint density at radius 1 is 1.14 bits per heavy atom. The molecular weight excluding hydrogens is 408 g/mol. The first-order chi connectivity index (χ1) is 13.8. The summed E-state index contributed by atoms with van der Waals surface area (Å²) in [4.78, 5) is 30.8. The molecule has 1 N–H and O–H groups in total. The monoisotopic (exact) mass is 428 g/mol. The maximum absolute atomic E-state index is 12.8. The van der Waals surface area contributed by atoms with Crippen LogP contribution >= 0.6 is 22.9 Å². The summed E-state index contributed by atoms with van der Waals surface area (Å²) in [6, 6.07) is 10.8. The van der Waals surface area contributed by atoms with Gasteiger partial charge in [-0.25, -0.2) is 9.78 Å². The van der Waals surface area contributed by atoms with Crippen LogP contribution in [0.5, 0.6) is 0 Å². The van der Waals surface area contributed by atoms with Crippen LogP contribution in [-0.2, 0) is 4.74 Å². The Kier molecular flexibility index (Phi) is 6.35. The van der Waals surface area contributed by atoms with E-state index in [0.29, 0.717) is 21.3 Å². The molecule has 0 aliphatic carbocycles. The van der Waals surface area contributed by atoms with E-state index >= 15 is 0 Å². The standard InChI is InChI=1S/C22H21ClN2O3S/c1-5-28-22(27)19-18(15-6-8-16(23)9-7-15)14(4)29-21(19)25-20(26)17-11-12(2)10-13(3)24-17/h6-11H,5H2,1-4H3,(H,25,26). The van der Waals surface area contributed by atoms with E-state index in [1.54, 1.807) is 25.1 Å². The summed E-state index contributed by atoms with van der Waals surface area (Å²) in [6.45, 7) is 7.63. The van der Waals surface area contributed by atoms with E-state index in [1.165, 1.54) is 11.3 Å². The number of aromatic nitrogens is 1. The van der Waals surface area contributed by atoms with Crippen LogP contribution in [0.15, 0.2) is 36.4 Å². The largest absolute Gasteiger partial charge is 0.462 e. The number of thiophene rings is 1. The SMILES string of the molecule is CCOC(=O)c1c(NC(=O)c2cc(C)cc(C)n2)sc(C)c1-c1ccc(Cl)cc1. The summed E-state index contributed by atoms with van der Waals surface area (Å²) >= 11 is 7.34. The lowest BCUT2D eigenvalue weighted by Gasteiger charge is -2.10. The van der Waals surface area contributed by atoms with E-state index in [2.05, 4.69) is 10.3 Å². The Morgan fingerprint density at radius 3 is 2.45 bits per heavy atom. The third-order valence-corrected chi connectivity index (χ3v) is 5.53. The highest BCUT2D eigenvalue weighted by Gasteiger charge is 2.26. The van der Waals surface area contributed by atoms with Crippen molar-refractivity contribution in [3.05, 3.63) is 68.8 Å². The molecule has 150 valence electrons. The number of halogens is 1. The van der Waals surface area contributed by atoms with Crippen LogP contribution in [0.4, 0.5) is 5.00 Å². The van der Waals surface area contributed by atoms with Crippen molar-refractivity contribution in [1.82, 2.24) is 4.98 Å². The fraction of sp³-hybridized carbons (Fsp3) is 0.227. The Bertz CT molecular complexity index is 1050. The molecule has 3 rings (SSSR count). The zero-order valence-corrected chi connectivity index (χ0v) is 18.2. The van der Waals surface area contributed by atoms with Gasteiger partial charge < -0.3 is 10.1 Å². The maximum atomic E-state index is 12.8. The molecule has 0 aliphatic rings. The third kappa shape index (κ3) is 4.66. The molecule has 0 unspecified atom stereocenters. The minimum Gasteiger partial charge on any atom is -0.462 e. The van der Waals surface area contributed by atoms with Gasteiger partial charge in [-0.15, -0.1) is 11.3 Å². The molecule has 0 saturated heterocycles. The number of anilines is 1. The van der Waals surface area contributed by atoms with Gasteiger partial charge in [-0.2, -0.15) is 0 Å². The number of ether oxygens (including phenoxy) is 1. The molecule has 0 radical (unpaired) electrons. The maximum Gasteiger partial charge on any atom is 0.341 e. The summed E-state index contributed by atoms with van der Waals surface area (Å²) in [6.07, 6.45) is 0. The number of carbonyl (C=O) groups is 2. The van der Waals surface area contributed by atoms with Crippen LogP contribution in [0.25, 0.3) is 11.1 Å². The number of rotatable bonds is 5. The molecule has 1 aromatic carbocycles. The third-order valence-electron chi connectivity index (χ3n) is 4.25. The van der Waals surface area contributed by atoms with Crippen LogP contribution in [0.1, 0.15) is 43.9 Å². The van der Waals surface area contributed by atoms with Crippen molar-refractivity contribution in [3.63, 3.8) is 0 Å². The first-order valence-corrected chi connectivity index (χ1v) is 10.3. The van der Waals surface area contributed by atoms with E-state index in [9.17, 15) is 9.59 Å². The van der Waals surface area contributed by atoms with Crippen LogP contribution in [0, 0.1) is 20.8 Å². The highest BCUT2D eigenvalue weighted by molar-refractivity contribution is 7.17. The van der Waals surface area contributed by atoms with Gasteiger partial charge in [-0.3, -0.25) is 4.79 Å². The zero-order chi connectivity index (χ0) is 21.1. The number of amides is 1. The molecule has 0 fully saturated rings. The van der Waals surface area contributed by atoms with E-state index in [0.717, 1.165) is 27.3 Å². The van der Waals surface area contributed by atoms with Gasteiger partial charge in [-0.05, 0) is 63.1 Å². The molecule has 1 amide bonds. The molecule has 5 nitrogen and oxygen atoms in total. The highest BCUT2D eigenvalue weighted by atomic mass is 35.5. The minimum absolute atomic E-state index is 0.236. The fourth-order valence-electron chi connectivity index (χ4n) is 3.12. The lowest BCUT2D eigenvalue weighted by Crippen LogP contribution is -2.16. The van der Waals surface area contributed by atoms with Crippen molar-refractivity contribution in [2.75, 3.05) is 11.9 Å². The van der Waals surface area contributed by atoms with E-state index < -0.39 is 5.97 Å². The van der Waals surface area contributed by atoms with Crippen molar-refractivity contribution in [3.8, 4) is 11.1 Å². The molecule has 0 spiro atoms. The summed E-state index contributed by atoms with van der Waals surface area (Å²) in [5, 5.41) is 3.90. The first-order valence-electron chi connectivity index (χ1n) is 9.13. The Balaban J connectivity index is 2.06. The Labute approximate surface area is 178 Å². The van der Waals surface area contributed by atoms with Crippen molar-refractivity contribution in [2.24, 2.45) is 0 Å². The van der Waals surface area contributed by atoms with Gasteiger partial charge in [0.1, 0.15) is 16.3 Å². The molecule has 29 heavy (non-hydrogen) atoms. The number of esters is 1. The lowest BCUT2D eigenvalue weighted by molar-refractivity contribution is 0.0529. The van der Waals surface area contributed by atoms with Crippen LogP contribution < -0.4 is 5.32 Å².